The maximum Gasteiger partial charge on any atom is 0.0278 e. The minimum absolute atomic E-state index is 0.0833. The van der Waals surface area contributed by atoms with Gasteiger partial charge in [-0.3, -0.25) is 0 Å². The van der Waals surface area contributed by atoms with Crippen molar-refractivity contribution >= 4 is 43.1 Å². The molecule has 0 amide bonds. The van der Waals surface area contributed by atoms with Crippen LogP contribution in [0.15, 0.2) is 170 Å². The van der Waals surface area contributed by atoms with E-state index in [2.05, 4.69) is 170 Å². The monoisotopic (exact) mass is 714 g/mol. The van der Waals surface area contributed by atoms with Crippen LogP contribution in [0.5, 0.6) is 0 Å². The van der Waals surface area contributed by atoms with E-state index in [0.29, 0.717) is 11.8 Å². The smallest absolute Gasteiger partial charge is 0.0278 e. The lowest BCUT2D eigenvalue weighted by atomic mass is 9.43. The van der Waals surface area contributed by atoms with Gasteiger partial charge in [-0.2, -0.15) is 0 Å². The zero-order valence-corrected chi connectivity index (χ0v) is 31.5. The molecule has 0 radical (unpaired) electrons. The second-order valence-electron chi connectivity index (χ2n) is 17.6. The Morgan fingerprint density at radius 1 is 0.339 bits per heavy atom. The van der Waals surface area contributed by atoms with Crippen molar-refractivity contribution in [1.29, 1.82) is 0 Å². The summed E-state index contributed by atoms with van der Waals surface area (Å²) in [7, 11) is 0. The van der Waals surface area contributed by atoms with Gasteiger partial charge in [0.25, 0.3) is 0 Å². The molecule has 4 fully saturated rings. The molecule has 0 N–H and O–H groups in total. The fourth-order valence-electron chi connectivity index (χ4n) is 13.2. The average molecular weight is 715 g/mol. The van der Waals surface area contributed by atoms with Crippen LogP contribution >= 0.6 is 0 Å². The molecule has 0 nitrogen and oxygen atoms in total. The van der Waals surface area contributed by atoms with E-state index in [4.69, 9.17) is 0 Å². The Morgan fingerprint density at radius 2 is 0.839 bits per heavy atom. The summed E-state index contributed by atoms with van der Waals surface area (Å²) in [6.45, 7) is 0. The van der Waals surface area contributed by atoms with Crippen LogP contribution in [0.1, 0.15) is 43.2 Å². The molecule has 0 aliphatic heterocycles. The van der Waals surface area contributed by atoms with E-state index in [1.54, 1.807) is 11.1 Å². The summed E-state index contributed by atoms with van der Waals surface area (Å²) in [6.07, 6.45) is 7.01. The molecule has 266 valence electrons. The highest BCUT2D eigenvalue weighted by molar-refractivity contribution is 6.24. The van der Waals surface area contributed by atoms with Gasteiger partial charge >= 0.3 is 0 Å². The fraction of sp³-hybridized carbons (Fsp3) is 0.179. The summed E-state index contributed by atoms with van der Waals surface area (Å²) in [5.74, 6) is 3.24. The molecule has 9 aromatic rings. The molecule has 0 heterocycles. The van der Waals surface area contributed by atoms with Gasteiger partial charge in [0.2, 0.25) is 0 Å². The quantitative estimate of drug-likeness (QED) is 0.160. The van der Waals surface area contributed by atoms with Crippen LogP contribution in [0, 0.1) is 23.7 Å². The van der Waals surface area contributed by atoms with Crippen molar-refractivity contribution in [2.24, 2.45) is 23.7 Å². The van der Waals surface area contributed by atoms with Crippen molar-refractivity contribution in [3.05, 3.63) is 181 Å². The Bertz CT molecular complexity index is 3010. The predicted octanol–water partition coefficient (Wildman–Crippen LogP) is 15.0. The third-order valence-electron chi connectivity index (χ3n) is 15.0. The van der Waals surface area contributed by atoms with Crippen LogP contribution in [-0.2, 0) is 5.41 Å². The second kappa shape index (κ2) is 11.5. The third kappa shape index (κ3) is 4.09. The van der Waals surface area contributed by atoms with Crippen LogP contribution in [0.3, 0.4) is 0 Å². The molecule has 9 aromatic carbocycles. The van der Waals surface area contributed by atoms with Gasteiger partial charge in [0.15, 0.2) is 0 Å². The molecule has 5 aliphatic rings. The molecular formula is C56H42. The molecule has 0 atom stereocenters. The maximum atomic E-state index is 2.70. The highest BCUT2D eigenvalue weighted by Crippen LogP contribution is 2.70. The minimum atomic E-state index is 0.0833. The Balaban J connectivity index is 1.08. The molecule has 4 saturated carbocycles. The lowest BCUT2D eigenvalue weighted by molar-refractivity contribution is -0.0393. The summed E-state index contributed by atoms with van der Waals surface area (Å²) >= 11 is 0. The van der Waals surface area contributed by atoms with Crippen LogP contribution < -0.4 is 0 Å². The van der Waals surface area contributed by atoms with Crippen LogP contribution in [0.2, 0.25) is 0 Å². The molecule has 5 aliphatic carbocycles. The van der Waals surface area contributed by atoms with Crippen LogP contribution in [-0.4, -0.2) is 0 Å². The Morgan fingerprint density at radius 3 is 1.50 bits per heavy atom. The van der Waals surface area contributed by atoms with Crippen molar-refractivity contribution in [1.82, 2.24) is 0 Å². The summed E-state index contributed by atoms with van der Waals surface area (Å²) in [4.78, 5) is 0. The Labute approximate surface area is 328 Å². The standard InChI is InChI=1S/C56H42/c1-2-12-36(13-3-1)41-26-27-50(44-17-7-6-16-43(41)44)54-48-20-10-8-18-46(48)53(47-19-9-11-21-49(47)54)38-23-24-45-51-25-22-37-14-4-5-15-42(37)55(51)56(52(45)33-38)39-29-34-28-35(31-39)32-40(56)30-34/h1-27,33-35,39-40H,28-32H2. The molecule has 1 spiro atoms. The minimum Gasteiger partial charge on any atom is -0.0622 e. The van der Waals surface area contributed by atoms with Gasteiger partial charge in [0.05, 0.1) is 0 Å². The zero-order chi connectivity index (χ0) is 36.5. The highest BCUT2D eigenvalue weighted by atomic mass is 14.6. The first-order valence-electron chi connectivity index (χ1n) is 20.9. The normalized spacial score (nSPS) is 23.1. The van der Waals surface area contributed by atoms with E-state index in [1.165, 1.54) is 120 Å². The third-order valence-corrected chi connectivity index (χ3v) is 15.0. The molecule has 0 heteroatoms. The first kappa shape index (κ1) is 31.2. The number of hydrogen-bond acceptors (Lipinski definition) is 0. The van der Waals surface area contributed by atoms with Crippen molar-refractivity contribution in [2.45, 2.75) is 37.5 Å². The maximum absolute atomic E-state index is 2.70. The van der Waals surface area contributed by atoms with E-state index in [0.717, 1.165) is 11.8 Å². The highest BCUT2D eigenvalue weighted by Gasteiger charge is 2.62. The van der Waals surface area contributed by atoms with E-state index in [1.807, 2.05) is 0 Å². The molecule has 56 heavy (non-hydrogen) atoms. The largest absolute Gasteiger partial charge is 0.0622 e. The fourth-order valence-corrected chi connectivity index (χ4v) is 13.2. The zero-order valence-electron chi connectivity index (χ0n) is 31.5. The number of benzene rings is 9. The van der Waals surface area contributed by atoms with Crippen molar-refractivity contribution in [3.8, 4) is 44.5 Å². The van der Waals surface area contributed by atoms with E-state index in [9.17, 15) is 0 Å². The molecule has 0 saturated heterocycles. The lowest BCUT2D eigenvalue weighted by Crippen LogP contribution is -2.55. The van der Waals surface area contributed by atoms with Gasteiger partial charge in [0.1, 0.15) is 0 Å². The summed E-state index contributed by atoms with van der Waals surface area (Å²) in [5.41, 5.74) is 14.2. The molecule has 4 bridgehead atoms. The first-order chi connectivity index (χ1) is 27.8. The second-order valence-corrected chi connectivity index (χ2v) is 17.6. The van der Waals surface area contributed by atoms with Gasteiger partial charge in [0, 0.05) is 5.41 Å². The van der Waals surface area contributed by atoms with E-state index >= 15 is 0 Å². The van der Waals surface area contributed by atoms with Crippen LogP contribution in [0.25, 0.3) is 87.6 Å². The van der Waals surface area contributed by atoms with Crippen molar-refractivity contribution < 1.29 is 0 Å². The van der Waals surface area contributed by atoms with Crippen molar-refractivity contribution in [2.75, 3.05) is 0 Å². The molecular weight excluding hydrogens is 673 g/mol. The average Bonchev–Trinajstić information content (AvgIpc) is 3.55. The predicted molar refractivity (Wildman–Crippen MR) is 236 cm³/mol. The number of rotatable bonds is 3. The topological polar surface area (TPSA) is 0 Å². The molecule has 0 aromatic heterocycles. The van der Waals surface area contributed by atoms with Gasteiger partial charge in [-0.05, 0) is 161 Å². The van der Waals surface area contributed by atoms with Gasteiger partial charge < -0.3 is 0 Å². The van der Waals surface area contributed by atoms with Crippen molar-refractivity contribution in [3.63, 3.8) is 0 Å². The summed E-state index contributed by atoms with van der Waals surface area (Å²) < 4.78 is 0. The van der Waals surface area contributed by atoms with Gasteiger partial charge in [-0.1, -0.05) is 164 Å². The Kier molecular flexibility index (Phi) is 6.43. The SMILES string of the molecule is c1ccc(-c2ccc(-c3c4ccccc4c(-c4ccc5c(c4)C4(c6c-5ccc5ccccc65)C5CC6CC(C5)CC4C6)c4ccccc34)c3ccccc23)cc1. The summed E-state index contributed by atoms with van der Waals surface area (Å²) in [5, 5.41) is 10.8. The lowest BCUT2D eigenvalue weighted by Gasteiger charge is -2.61. The van der Waals surface area contributed by atoms with Crippen LogP contribution in [0.4, 0.5) is 0 Å². The Hall–Kier alpha value is -5.98. The van der Waals surface area contributed by atoms with Gasteiger partial charge in [-0.15, -0.1) is 0 Å². The molecule has 14 rings (SSSR count). The van der Waals surface area contributed by atoms with Gasteiger partial charge in [-0.25, -0.2) is 0 Å². The number of hydrogen-bond donors (Lipinski definition) is 0. The van der Waals surface area contributed by atoms with E-state index in [-0.39, 0.29) is 5.41 Å². The summed E-state index contributed by atoms with van der Waals surface area (Å²) in [6, 6.07) is 64.8. The number of fused-ring (bicyclic) bond motifs is 8. The first-order valence-corrected chi connectivity index (χ1v) is 20.9. The van der Waals surface area contributed by atoms with E-state index < -0.39 is 0 Å². The molecule has 0 unspecified atom stereocenters.